The summed E-state index contributed by atoms with van der Waals surface area (Å²) in [6.45, 7) is 7.13. The van der Waals surface area contributed by atoms with Gasteiger partial charge in [-0.3, -0.25) is 4.79 Å². The summed E-state index contributed by atoms with van der Waals surface area (Å²) < 4.78 is 5.51. The number of unbranched alkanes of at least 4 members (excludes halogenated alkanes) is 1. The molecule has 1 aromatic carbocycles. The Morgan fingerprint density at radius 1 is 1.19 bits per heavy atom. The van der Waals surface area contributed by atoms with Crippen LogP contribution in [-0.4, -0.2) is 58.1 Å². The molecule has 1 saturated heterocycles. The maximum absolute atomic E-state index is 13.0. The molecule has 9 heteroatoms. The number of carbonyl (C=O) groups is 4. The fraction of sp³-hybridized carbons (Fsp3) is 0.565. The summed E-state index contributed by atoms with van der Waals surface area (Å²) in [6, 6.07) is 4.42. The van der Waals surface area contributed by atoms with Gasteiger partial charge in [-0.15, -0.1) is 0 Å². The number of aromatic carboxylic acids is 1. The van der Waals surface area contributed by atoms with Crippen LogP contribution in [0.25, 0.3) is 0 Å². The molecule has 0 radical (unpaired) electrons. The molecule has 0 bridgehead atoms. The Morgan fingerprint density at radius 2 is 1.91 bits per heavy atom. The van der Waals surface area contributed by atoms with Crippen molar-refractivity contribution < 1.29 is 29.0 Å². The largest absolute Gasteiger partial charge is 0.478 e. The number of nitrogens with zero attached hydrogens (tertiary/aromatic N) is 1. The molecular formula is C23H33N3O6. The number of benzene rings is 1. The van der Waals surface area contributed by atoms with Gasteiger partial charge in [0.15, 0.2) is 0 Å². The minimum atomic E-state index is -1.11. The number of carbonyl (C=O) groups excluding carboxylic acids is 3. The number of amides is 3. The Hall–Kier alpha value is -3.10. The third-order valence-corrected chi connectivity index (χ3v) is 5.13. The van der Waals surface area contributed by atoms with E-state index in [0.29, 0.717) is 18.5 Å². The molecule has 9 nitrogen and oxygen atoms in total. The van der Waals surface area contributed by atoms with Gasteiger partial charge in [-0.05, 0) is 58.2 Å². The first kappa shape index (κ1) is 25.2. The number of rotatable bonds is 8. The lowest BCUT2D eigenvalue weighted by Gasteiger charge is -2.31. The first-order valence-electron chi connectivity index (χ1n) is 10.9. The Bertz CT molecular complexity index is 848. The van der Waals surface area contributed by atoms with E-state index in [1.807, 2.05) is 0 Å². The van der Waals surface area contributed by atoms with Crippen molar-refractivity contribution in [2.24, 2.45) is 0 Å². The average Bonchev–Trinajstić information content (AvgIpc) is 3.13. The highest BCUT2D eigenvalue weighted by Gasteiger charge is 2.42. The normalized spacial score (nSPS) is 18.2. The van der Waals surface area contributed by atoms with Crippen molar-refractivity contribution in [1.29, 1.82) is 0 Å². The quantitative estimate of drug-likeness (QED) is 0.525. The fourth-order valence-corrected chi connectivity index (χ4v) is 3.74. The van der Waals surface area contributed by atoms with Crippen LogP contribution < -0.4 is 10.6 Å². The number of esters is 1. The average molecular weight is 448 g/mol. The van der Waals surface area contributed by atoms with Crippen LogP contribution in [0.15, 0.2) is 24.3 Å². The van der Waals surface area contributed by atoms with Gasteiger partial charge in [0.05, 0.1) is 12.1 Å². The van der Waals surface area contributed by atoms with Crippen LogP contribution in [0.3, 0.4) is 0 Å². The van der Waals surface area contributed by atoms with Crippen LogP contribution in [0.5, 0.6) is 0 Å². The highest BCUT2D eigenvalue weighted by molar-refractivity contribution is 5.95. The van der Waals surface area contributed by atoms with Gasteiger partial charge >= 0.3 is 18.0 Å². The molecule has 0 aliphatic carbocycles. The van der Waals surface area contributed by atoms with Gasteiger partial charge in [0.2, 0.25) is 5.91 Å². The van der Waals surface area contributed by atoms with Crippen LogP contribution in [0.4, 0.5) is 10.5 Å². The molecule has 3 N–H and O–H groups in total. The second-order valence-electron chi connectivity index (χ2n) is 8.92. The van der Waals surface area contributed by atoms with Crippen molar-refractivity contribution in [3.63, 3.8) is 0 Å². The molecule has 1 aromatic rings. The summed E-state index contributed by atoms with van der Waals surface area (Å²) in [6.07, 6.45) is 3.94. The lowest BCUT2D eigenvalue weighted by molar-refractivity contribution is -0.164. The molecule has 2 rings (SSSR count). The van der Waals surface area contributed by atoms with Gasteiger partial charge in [-0.2, -0.15) is 0 Å². The molecule has 0 spiro atoms. The standard InChI is InChI=1S/C23H33N3O6/c1-5-6-10-17-11-12-18(21(30)32-23(2,3)4)26(17)19(27)14-24-22(31)25-16-9-7-8-15(13-16)20(28)29/h7-9,13,17-18H,5-6,10-12,14H2,1-4H3,(H,28,29)(H2,24,25,31)/t17-,18-/m0/s1. The van der Waals surface area contributed by atoms with E-state index in [4.69, 9.17) is 9.84 Å². The predicted molar refractivity (Wildman–Crippen MR) is 119 cm³/mol. The highest BCUT2D eigenvalue weighted by Crippen LogP contribution is 2.29. The summed E-state index contributed by atoms with van der Waals surface area (Å²) in [5, 5.41) is 14.1. The van der Waals surface area contributed by atoms with Crippen molar-refractivity contribution >= 4 is 29.6 Å². The number of carboxylic acid groups (broad SMARTS) is 1. The molecular weight excluding hydrogens is 414 g/mol. The first-order chi connectivity index (χ1) is 15.0. The maximum Gasteiger partial charge on any atom is 0.335 e. The zero-order chi connectivity index (χ0) is 23.9. The number of hydrogen-bond donors (Lipinski definition) is 3. The molecule has 0 unspecified atom stereocenters. The van der Waals surface area contributed by atoms with Gasteiger partial charge in [-0.1, -0.05) is 25.8 Å². The number of likely N-dealkylation sites (tertiary alicyclic amines) is 1. The van der Waals surface area contributed by atoms with Gasteiger partial charge in [0, 0.05) is 11.7 Å². The SMILES string of the molecule is CCCC[C@H]1CC[C@@H](C(=O)OC(C)(C)C)N1C(=O)CNC(=O)Nc1cccc(C(=O)O)c1. The molecule has 3 amide bonds. The number of carboxylic acids is 1. The molecule has 176 valence electrons. The smallest absolute Gasteiger partial charge is 0.335 e. The van der Waals surface area contributed by atoms with Gasteiger partial charge in [0.1, 0.15) is 11.6 Å². The van der Waals surface area contributed by atoms with Crippen LogP contribution >= 0.6 is 0 Å². The highest BCUT2D eigenvalue weighted by atomic mass is 16.6. The van der Waals surface area contributed by atoms with Crippen LogP contribution in [0.1, 0.15) is 70.2 Å². The molecule has 1 heterocycles. The van der Waals surface area contributed by atoms with Crippen molar-refractivity contribution in [2.75, 3.05) is 11.9 Å². The maximum atomic E-state index is 13.0. The molecule has 2 atom stereocenters. The second-order valence-corrected chi connectivity index (χ2v) is 8.92. The zero-order valence-corrected chi connectivity index (χ0v) is 19.1. The third kappa shape index (κ3) is 7.25. The zero-order valence-electron chi connectivity index (χ0n) is 19.1. The number of ether oxygens (including phenoxy) is 1. The molecule has 1 fully saturated rings. The number of hydrogen-bond acceptors (Lipinski definition) is 5. The summed E-state index contributed by atoms with van der Waals surface area (Å²) in [5.41, 5.74) is -0.325. The molecule has 1 aliphatic heterocycles. The van der Waals surface area contributed by atoms with Gasteiger partial charge in [-0.25, -0.2) is 14.4 Å². The van der Waals surface area contributed by atoms with Crippen LogP contribution in [0, 0.1) is 0 Å². The lowest BCUT2D eigenvalue weighted by atomic mass is 10.1. The van der Waals surface area contributed by atoms with E-state index in [1.165, 1.54) is 18.2 Å². The number of urea groups is 1. The van der Waals surface area contributed by atoms with E-state index in [1.54, 1.807) is 31.7 Å². The summed E-state index contributed by atoms with van der Waals surface area (Å²) in [4.78, 5) is 50.6. The predicted octanol–water partition coefficient (Wildman–Crippen LogP) is 3.40. The van der Waals surface area contributed by atoms with E-state index in [2.05, 4.69) is 17.6 Å². The molecule has 1 aliphatic rings. The minimum absolute atomic E-state index is 0.0370. The van der Waals surface area contributed by atoms with Crippen molar-refractivity contribution in [1.82, 2.24) is 10.2 Å². The Morgan fingerprint density at radius 3 is 2.53 bits per heavy atom. The van der Waals surface area contributed by atoms with E-state index in [-0.39, 0.29) is 24.1 Å². The molecule has 0 aromatic heterocycles. The Kier molecular flexibility index (Phi) is 8.63. The summed E-state index contributed by atoms with van der Waals surface area (Å²) >= 11 is 0. The Labute approximate surface area is 188 Å². The van der Waals surface area contributed by atoms with E-state index in [9.17, 15) is 19.2 Å². The Balaban J connectivity index is 2.02. The molecule has 0 saturated carbocycles. The number of nitrogens with one attached hydrogen (secondary N) is 2. The van der Waals surface area contributed by atoms with Crippen molar-refractivity contribution in [2.45, 2.75) is 77.5 Å². The third-order valence-electron chi connectivity index (χ3n) is 5.13. The fourth-order valence-electron chi connectivity index (χ4n) is 3.74. The molecule has 32 heavy (non-hydrogen) atoms. The second kappa shape index (κ2) is 11.0. The van der Waals surface area contributed by atoms with Crippen molar-refractivity contribution in [3.05, 3.63) is 29.8 Å². The topological polar surface area (TPSA) is 125 Å². The van der Waals surface area contributed by atoms with E-state index >= 15 is 0 Å². The first-order valence-corrected chi connectivity index (χ1v) is 10.9. The van der Waals surface area contributed by atoms with E-state index in [0.717, 1.165) is 19.3 Å². The van der Waals surface area contributed by atoms with Crippen molar-refractivity contribution in [3.8, 4) is 0 Å². The van der Waals surface area contributed by atoms with Gasteiger partial charge in [0.25, 0.3) is 0 Å². The minimum Gasteiger partial charge on any atom is -0.478 e. The van der Waals surface area contributed by atoms with E-state index < -0.39 is 29.6 Å². The lowest BCUT2D eigenvalue weighted by Crippen LogP contribution is -2.50. The van der Waals surface area contributed by atoms with Crippen LogP contribution in [0.2, 0.25) is 0 Å². The summed E-state index contributed by atoms with van der Waals surface area (Å²) in [7, 11) is 0. The monoisotopic (exact) mass is 447 g/mol. The summed E-state index contributed by atoms with van der Waals surface area (Å²) in [5.74, 6) is -1.89. The van der Waals surface area contributed by atoms with Gasteiger partial charge < -0.3 is 25.4 Å². The number of anilines is 1. The van der Waals surface area contributed by atoms with Crippen LogP contribution in [-0.2, 0) is 14.3 Å².